The van der Waals surface area contributed by atoms with E-state index in [2.05, 4.69) is 38.4 Å². The van der Waals surface area contributed by atoms with Crippen LogP contribution in [-0.4, -0.2) is 65.3 Å². The summed E-state index contributed by atoms with van der Waals surface area (Å²) >= 11 is 1.57. The highest BCUT2D eigenvalue weighted by Gasteiger charge is 2.44. The molecule has 1 aromatic heterocycles. The maximum absolute atomic E-state index is 12.6. The van der Waals surface area contributed by atoms with Gasteiger partial charge in [-0.25, -0.2) is 0 Å². The number of piperidine rings is 1. The molecule has 0 atom stereocenters. The van der Waals surface area contributed by atoms with Crippen LogP contribution in [0.5, 0.6) is 0 Å². The summed E-state index contributed by atoms with van der Waals surface area (Å²) in [5, 5.41) is 1.25. The summed E-state index contributed by atoms with van der Waals surface area (Å²) in [6.07, 6.45) is 6.47. The van der Waals surface area contributed by atoms with Gasteiger partial charge in [-0.15, -0.1) is 0 Å². The first-order valence-corrected chi connectivity index (χ1v) is 12.1. The number of rotatable bonds is 5. The fourth-order valence-electron chi connectivity index (χ4n) is 5.50. The molecule has 3 fully saturated rings. The van der Waals surface area contributed by atoms with E-state index < -0.39 is 0 Å². The van der Waals surface area contributed by atoms with Crippen molar-refractivity contribution in [1.29, 1.82) is 0 Å². The lowest BCUT2D eigenvalue weighted by Gasteiger charge is -2.38. The normalized spacial score (nSPS) is 22.5. The van der Waals surface area contributed by atoms with E-state index in [-0.39, 0.29) is 17.2 Å². The van der Waals surface area contributed by atoms with Crippen LogP contribution in [0.2, 0.25) is 0 Å². The Kier molecular flexibility index (Phi) is 5.50. The van der Waals surface area contributed by atoms with Crippen molar-refractivity contribution in [3.63, 3.8) is 0 Å². The molecule has 2 aromatic rings. The van der Waals surface area contributed by atoms with Gasteiger partial charge in [-0.3, -0.25) is 19.4 Å². The fraction of sp³-hybridized carbons (Fsp3) is 0.609. The Bertz CT molecular complexity index is 908. The molecule has 0 radical (unpaired) electrons. The number of anilines is 1. The van der Waals surface area contributed by atoms with Crippen LogP contribution in [0, 0.1) is 5.41 Å². The summed E-state index contributed by atoms with van der Waals surface area (Å²) < 4.78 is 5.92. The van der Waals surface area contributed by atoms with Crippen molar-refractivity contribution >= 4 is 39.3 Å². The van der Waals surface area contributed by atoms with Gasteiger partial charge in [0.25, 0.3) is 0 Å². The lowest BCUT2D eigenvalue weighted by Crippen LogP contribution is -2.49. The van der Waals surface area contributed by atoms with Crippen molar-refractivity contribution in [2.75, 3.05) is 44.2 Å². The van der Waals surface area contributed by atoms with Crippen molar-refractivity contribution in [3.8, 4) is 0 Å². The van der Waals surface area contributed by atoms with Crippen LogP contribution in [0.25, 0.3) is 10.1 Å². The lowest BCUT2D eigenvalue weighted by molar-refractivity contribution is -0.153. The number of benzene rings is 1. The first-order valence-electron chi connectivity index (χ1n) is 11.3. The number of imide groups is 1. The number of piperazine rings is 1. The van der Waals surface area contributed by atoms with Crippen LogP contribution < -0.4 is 4.90 Å². The summed E-state index contributed by atoms with van der Waals surface area (Å²) in [5.74, 6) is 1.24. The van der Waals surface area contributed by atoms with Crippen molar-refractivity contribution in [1.82, 2.24) is 14.2 Å². The van der Waals surface area contributed by atoms with Gasteiger partial charge in [0.15, 0.2) is 0 Å². The van der Waals surface area contributed by atoms with E-state index in [0.717, 1.165) is 57.8 Å². The van der Waals surface area contributed by atoms with Gasteiger partial charge >= 0.3 is 0 Å². The molecule has 0 unspecified atom stereocenters. The van der Waals surface area contributed by atoms with Crippen molar-refractivity contribution < 1.29 is 9.59 Å². The Labute approximate surface area is 182 Å². The molecule has 3 heterocycles. The number of likely N-dealkylation sites (tertiary alicyclic amines) is 1. The first-order chi connectivity index (χ1) is 14.6. The third-order valence-corrected chi connectivity index (χ3v) is 8.02. The zero-order valence-corrected chi connectivity index (χ0v) is 18.3. The minimum atomic E-state index is 0.000851. The molecular formula is C23H30N4O2S. The number of amides is 2. The summed E-state index contributed by atoms with van der Waals surface area (Å²) in [4.78, 5) is 31.6. The van der Waals surface area contributed by atoms with Crippen LogP contribution in [0.4, 0.5) is 5.82 Å². The third kappa shape index (κ3) is 3.85. The van der Waals surface area contributed by atoms with Crippen LogP contribution in [0.1, 0.15) is 44.9 Å². The highest BCUT2D eigenvalue weighted by Crippen LogP contribution is 2.46. The summed E-state index contributed by atoms with van der Waals surface area (Å²) in [6.45, 7) is 5.45. The molecule has 2 aliphatic heterocycles. The maximum Gasteiger partial charge on any atom is 0.229 e. The molecule has 1 spiro atoms. The first kappa shape index (κ1) is 19.9. The summed E-state index contributed by atoms with van der Waals surface area (Å²) in [6, 6.07) is 8.43. The number of aromatic nitrogens is 1. The van der Waals surface area contributed by atoms with Gasteiger partial charge in [-0.1, -0.05) is 25.0 Å². The highest BCUT2D eigenvalue weighted by atomic mass is 32.1. The Balaban J connectivity index is 1.09. The topological polar surface area (TPSA) is 56.8 Å². The van der Waals surface area contributed by atoms with Crippen molar-refractivity contribution in [3.05, 3.63) is 24.3 Å². The average Bonchev–Trinajstić information content (AvgIpc) is 3.38. The monoisotopic (exact) mass is 426 g/mol. The molecular weight excluding hydrogens is 396 g/mol. The van der Waals surface area contributed by atoms with E-state index in [1.165, 1.54) is 22.9 Å². The number of nitrogens with zero attached hydrogens (tertiary/aromatic N) is 4. The molecule has 3 aliphatic rings. The standard InChI is InChI=1S/C23H30N4O2S/c28-20-16-23(8-3-4-9-23)17-21(29)27(20)11-5-10-25-12-14-26(15-13-25)22-18-6-1-2-7-19(18)30-24-22/h1-2,6-7H,3-5,8-17H2. The number of carbonyl (C=O) groups excluding carboxylic acids is 2. The van der Waals surface area contributed by atoms with Gasteiger partial charge in [0, 0.05) is 51.0 Å². The second kappa shape index (κ2) is 8.27. The number of hydrogen-bond acceptors (Lipinski definition) is 6. The van der Waals surface area contributed by atoms with Gasteiger partial charge in [0.2, 0.25) is 11.8 Å². The van der Waals surface area contributed by atoms with Crippen molar-refractivity contribution in [2.24, 2.45) is 5.41 Å². The minimum Gasteiger partial charge on any atom is -0.353 e. The number of carbonyl (C=O) groups is 2. The molecule has 2 amide bonds. The smallest absolute Gasteiger partial charge is 0.229 e. The maximum atomic E-state index is 12.6. The Hall–Kier alpha value is -1.99. The molecule has 6 nitrogen and oxygen atoms in total. The number of fused-ring (bicyclic) bond motifs is 1. The predicted octanol–water partition coefficient (Wildman–Crippen LogP) is 3.52. The number of hydrogen-bond donors (Lipinski definition) is 0. The highest BCUT2D eigenvalue weighted by molar-refractivity contribution is 7.13. The largest absolute Gasteiger partial charge is 0.353 e. The van der Waals surface area contributed by atoms with Crippen molar-refractivity contribution in [2.45, 2.75) is 44.9 Å². The summed E-state index contributed by atoms with van der Waals surface area (Å²) in [7, 11) is 0. The molecule has 30 heavy (non-hydrogen) atoms. The SMILES string of the molecule is O=C1CC2(CCCC2)CC(=O)N1CCCN1CCN(c2nsc3ccccc23)CC1. The van der Waals surface area contributed by atoms with E-state index in [9.17, 15) is 9.59 Å². The quantitative estimate of drug-likeness (QED) is 0.685. The van der Waals surface area contributed by atoms with Gasteiger partial charge in [0.05, 0.1) is 4.70 Å². The predicted molar refractivity (Wildman–Crippen MR) is 120 cm³/mol. The molecule has 0 bridgehead atoms. The van der Waals surface area contributed by atoms with E-state index in [0.29, 0.717) is 19.4 Å². The zero-order valence-electron chi connectivity index (χ0n) is 17.5. The van der Waals surface area contributed by atoms with E-state index >= 15 is 0 Å². The molecule has 5 rings (SSSR count). The molecule has 1 aliphatic carbocycles. The summed E-state index contributed by atoms with van der Waals surface area (Å²) in [5.41, 5.74) is 0.000851. The second-order valence-corrected chi connectivity index (χ2v) is 9.99. The van der Waals surface area contributed by atoms with Gasteiger partial charge in [0.1, 0.15) is 5.82 Å². The molecule has 7 heteroatoms. The third-order valence-electron chi connectivity index (χ3n) is 7.21. The van der Waals surface area contributed by atoms with Gasteiger partial charge in [-0.05, 0) is 54.9 Å². The molecule has 1 aromatic carbocycles. The van der Waals surface area contributed by atoms with Crippen LogP contribution in [-0.2, 0) is 9.59 Å². The Morgan fingerprint density at radius 2 is 1.63 bits per heavy atom. The Morgan fingerprint density at radius 3 is 2.37 bits per heavy atom. The minimum absolute atomic E-state index is 0.000851. The van der Waals surface area contributed by atoms with Crippen LogP contribution >= 0.6 is 11.5 Å². The molecule has 1 saturated carbocycles. The molecule has 0 N–H and O–H groups in total. The van der Waals surface area contributed by atoms with E-state index in [1.807, 2.05) is 0 Å². The zero-order chi connectivity index (χ0) is 20.6. The molecule has 160 valence electrons. The van der Waals surface area contributed by atoms with Gasteiger partial charge < -0.3 is 4.90 Å². The van der Waals surface area contributed by atoms with Crippen LogP contribution in [0.3, 0.4) is 0 Å². The fourth-order valence-corrected chi connectivity index (χ4v) is 6.29. The van der Waals surface area contributed by atoms with E-state index in [4.69, 9.17) is 0 Å². The average molecular weight is 427 g/mol. The van der Waals surface area contributed by atoms with Crippen LogP contribution in [0.15, 0.2) is 24.3 Å². The lowest BCUT2D eigenvalue weighted by atomic mass is 9.76. The molecule has 2 saturated heterocycles. The van der Waals surface area contributed by atoms with Gasteiger partial charge in [-0.2, -0.15) is 4.37 Å². The van der Waals surface area contributed by atoms with E-state index in [1.54, 1.807) is 16.4 Å². The second-order valence-electron chi connectivity index (χ2n) is 9.18. The Morgan fingerprint density at radius 1 is 0.933 bits per heavy atom.